The Morgan fingerprint density at radius 1 is 0.407 bits per heavy atom. The molecule has 150 valence electrons. The summed E-state index contributed by atoms with van der Waals surface area (Å²) in [5.41, 5.74) is 0.302. The summed E-state index contributed by atoms with van der Waals surface area (Å²) in [5.74, 6) is 0. The number of halogens is 10. The third-order valence-corrected chi connectivity index (χ3v) is 7.63. The lowest BCUT2D eigenvalue weighted by Gasteiger charge is -2.17. The van der Waals surface area contributed by atoms with Gasteiger partial charge in [-0.15, -0.1) is 0 Å². The zero-order chi connectivity index (χ0) is 21.0. The molecular weight excluding hydrogens is 563 g/mol. The van der Waals surface area contributed by atoms with Crippen LogP contribution in [0.4, 0.5) is 0 Å². The van der Waals surface area contributed by atoms with Gasteiger partial charge in [0.2, 0.25) is 0 Å². The van der Waals surface area contributed by atoms with Crippen molar-refractivity contribution in [3.8, 4) is 11.1 Å². The molecule has 0 heterocycles. The molecule has 0 aliphatic heterocycles. The SMILES string of the molecule is CCOCC.Clc1c(Cl)c(Cl)c(-c2c(Cl)c(Cl)c(Cl)c(Cl)c2Cl)c(Cl)c1Cl. The molecule has 0 spiro atoms. The van der Waals surface area contributed by atoms with Crippen LogP contribution >= 0.6 is 116 Å². The van der Waals surface area contributed by atoms with E-state index >= 15 is 0 Å². The Balaban J connectivity index is 0.000000646. The first-order valence-electron chi connectivity index (χ1n) is 7.13. The Morgan fingerprint density at radius 3 is 0.741 bits per heavy atom. The predicted octanol–water partition coefficient (Wildman–Crippen LogP) is 10.9. The van der Waals surface area contributed by atoms with Crippen LogP contribution in [0.1, 0.15) is 13.8 Å². The van der Waals surface area contributed by atoms with Crippen LogP contribution in [0.2, 0.25) is 50.2 Å². The van der Waals surface area contributed by atoms with Crippen molar-refractivity contribution < 1.29 is 4.74 Å². The number of benzene rings is 2. The summed E-state index contributed by atoms with van der Waals surface area (Å²) in [6.45, 7) is 5.67. The van der Waals surface area contributed by atoms with E-state index in [1.165, 1.54) is 0 Å². The van der Waals surface area contributed by atoms with Crippen LogP contribution in [0.5, 0.6) is 0 Å². The van der Waals surface area contributed by atoms with E-state index in [0.29, 0.717) is 0 Å². The summed E-state index contributed by atoms with van der Waals surface area (Å²) in [6, 6.07) is 0. The molecule has 0 saturated heterocycles. The smallest absolute Gasteiger partial charge is 0.0809 e. The minimum Gasteiger partial charge on any atom is -0.382 e. The van der Waals surface area contributed by atoms with Crippen LogP contribution in [0, 0.1) is 0 Å². The fourth-order valence-electron chi connectivity index (χ4n) is 1.85. The molecule has 0 aromatic heterocycles. The van der Waals surface area contributed by atoms with Gasteiger partial charge in [-0.2, -0.15) is 0 Å². The van der Waals surface area contributed by atoms with Gasteiger partial charge in [-0.3, -0.25) is 0 Å². The van der Waals surface area contributed by atoms with Crippen molar-refractivity contribution in [3.63, 3.8) is 0 Å². The average molecular weight is 573 g/mol. The number of rotatable bonds is 3. The Morgan fingerprint density at radius 2 is 0.593 bits per heavy atom. The van der Waals surface area contributed by atoms with Crippen molar-refractivity contribution in [2.45, 2.75) is 13.8 Å². The molecule has 0 aliphatic rings. The van der Waals surface area contributed by atoms with Crippen molar-refractivity contribution in [3.05, 3.63) is 50.2 Å². The van der Waals surface area contributed by atoms with Gasteiger partial charge in [-0.05, 0) is 13.8 Å². The number of ether oxygens (including phenoxy) is 1. The lowest BCUT2D eigenvalue weighted by Crippen LogP contribution is -1.91. The minimum atomic E-state index is -0.0120. The van der Waals surface area contributed by atoms with Gasteiger partial charge >= 0.3 is 0 Å². The third-order valence-electron chi connectivity index (χ3n) is 3.08. The summed E-state index contributed by atoms with van der Waals surface area (Å²) in [7, 11) is 0. The van der Waals surface area contributed by atoms with E-state index in [9.17, 15) is 0 Å². The Hall–Kier alpha value is 1.30. The van der Waals surface area contributed by atoms with Crippen LogP contribution in [0.15, 0.2) is 0 Å². The highest BCUT2D eigenvalue weighted by Crippen LogP contribution is 2.55. The lowest BCUT2D eigenvalue weighted by atomic mass is 10.0. The number of hydrogen-bond acceptors (Lipinski definition) is 1. The van der Waals surface area contributed by atoms with E-state index in [0.717, 1.165) is 13.2 Å². The second-order valence-electron chi connectivity index (χ2n) is 4.67. The Bertz CT molecular complexity index is 723. The maximum absolute atomic E-state index is 6.20. The Labute approximate surface area is 207 Å². The second kappa shape index (κ2) is 11.6. The van der Waals surface area contributed by atoms with Gasteiger partial charge in [0.05, 0.1) is 50.2 Å². The van der Waals surface area contributed by atoms with Gasteiger partial charge in [0.1, 0.15) is 0 Å². The van der Waals surface area contributed by atoms with Crippen molar-refractivity contribution in [2.24, 2.45) is 0 Å². The fraction of sp³-hybridized carbons (Fsp3) is 0.250. The van der Waals surface area contributed by atoms with E-state index in [-0.39, 0.29) is 61.4 Å². The first kappa shape index (κ1) is 26.3. The first-order valence-corrected chi connectivity index (χ1v) is 10.9. The summed E-state index contributed by atoms with van der Waals surface area (Å²) >= 11 is 60.9. The predicted molar refractivity (Wildman–Crippen MR) is 124 cm³/mol. The van der Waals surface area contributed by atoms with Crippen molar-refractivity contribution in [2.75, 3.05) is 13.2 Å². The molecule has 27 heavy (non-hydrogen) atoms. The topological polar surface area (TPSA) is 9.23 Å². The van der Waals surface area contributed by atoms with Crippen molar-refractivity contribution in [1.82, 2.24) is 0 Å². The van der Waals surface area contributed by atoms with Gasteiger partial charge in [0.15, 0.2) is 0 Å². The highest BCUT2D eigenvalue weighted by Gasteiger charge is 2.27. The fourth-order valence-corrected chi connectivity index (χ4v) is 4.51. The first-order chi connectivity index (χ1) is 12.5. The highest BCUT2D eigenvalue weighted by atomic mass is 35.5. The van der Waals surface area contributed by atoms with E-state index in [1.807, 2.05) is 13.8 Å². The van der Waals surface area contributed by atoms with Crippen LogP contribution in [0.25, 0.3) is 11.1 Å². The molecule has 2 aromatic carbocycles. The van der Waals surface area contributed by atoms with Gasteiger partial charge in [-0.1, -0.05) is 116 Å². The van der Waals surface area contributed by atoms with Gasteiger partial charge in [-0.25, -0.2) is 0 Å². The summed E-state index contributed by atoms with van der Waals surface area (Å²) in [6.07, 6.45) is 0. The molecule has 0 bridgehead atoms. The van der Waals surface area contributed by atoms with Crippen LogP contribution in [-0.2, 0) is 4.74 Å². The van der Waals surface area contributed by atoms with Gasteiger partial charge in [0.25, 0.3) is 0 Å². The second-order valence-corrected chi connectivity index (χ2v) is 8.45. The summed E-state index contributed by atoms with van der Waals surface area (Å²) < 4.78 is 4.83. The van der Waals surface area contributed by atoms with E-state index in [2.05, 4.69) is 0 Å². The quantitative estimate of drug-likeness (QED) is 0.263. The summed E-state index contributed by atoms with van der Waals surface area (Å²) in [5, 5.41) is -0.0495. The molecular formula is C16H10Cl10O. The minimum absolute atomic E-state index is 0.000450. The highest BCUT2D eigenvalue weighted by molar-refractivity contribution is 6.59. The van der Waals surface area contributed by atoms with E-state index in [1.54, 1.807) is 0 Å². The monoisotopic (exact) mass is 568 g/mol. The molecule has 0 fully saturated rings. The summed E-state index contributed by atoms with van der Waals surface area (Å²) in [4.78, 5) is 0. The standard InChI is InChI=1S/C12Cl10.C4H10O/c13-3-1(4(14)8(18)11(21)7(3)17)2-5(15)9(19)12(22)10(20)6(2)16;1-3-5-4-2/h;3-4H2,1-2H3. The van der Waals surface area contributed by atoms with Gasteiger partial charge in [0, 0.05) is 24.3 Å². The molecule has 2 rings (SSSR count). The molecule has 0 atom stereocenters. The maximum Gasteiger partial charge on any atom is 0.0809 e. The normalized spacial score (nSPS) is 10.7. The maximum atomic E-state index is 6.20. The zero-order valence-corrected chi connectivity index (χ0v) is 21.2. The zero-order valence-electron chi connectivity index (χ0n) is 13.6. The molecule has 0 amide bonds. The molecule has 0 N–H and O–H groups in total. The molecule has 0 unspecified atom stereocenters. The van der Waals surface area contributed by atoms with Crippen molar-refractivity contribution in [1.29, 1.82) is 0 Å². The molecule has 0 radical (unpaired) electrons. The average Bonchev–Trinajstić information content (AvgIpc) is 2.65. The largest absolute Gasteiger partial charge is 0.382 e. The van der Waals surface area contributed by atoms with E-state index in [4.69, 9.17) is 121 Å². The van der Waals surface area contributed by atoms with E-state index < -0.39 is 0 Å². The molecule has 0 aliphatic carbocycles. The van der Waals surface area contributed by atoms with Crippen LogP contribution in [0.3, 0.4) is 0 Å². The molecule has 0 saturated carbocycles. The Kier molecular flexibility index (Phi) is 11.3. The number of hydrogen-bond donors (Lipinski definition) is 0. The van der Waals surface area contributed by atoms with Gasteiger partial charge < -0.3 is 4.74 Å². The van der Waals surface area contributed by atoms with Crippen LogP contribution < -0.4 is 0 Å². The molecule has 11 heteroatoms. The third kappa shape index (κ3) is 5.71. The molecule has 2 aromatic rings. The van der Waals surface area contributed by atoms with Crippen LogP contribution in [-0.4, -0.2) is 13.2 Å². The van der Waals surface area contributed by atoms with Crippen molar-refractivity contribution >= 4 is 116 Å². The molecule has 1 nitrogen and oxygen atoms in total. The lowest BCUT2D eigenvalue weighted by molar-refractivity contribution is 0.162.